The van der Waals surface area contributed by atoms with Gasteiger partial charge in [-0.05, 0) is 38.1 Å². The van der Waals surface area contributed by atoms with Crippen LogP contribution in [0.3, 0.4) is 0 Å². The number of rotatable bonds is 5. The van der Waals surface area contributed by atoms with Crippen LogP contribution in [0.1, 0.15) is 24.4 Å². The number of halogens is 1. The van der Waals surface area contributed by atoms with Crippen molar-refractivity contribution in [2.45, 2.75) is 19.9 Å². The molecule has 9 heteroatoms. The Morgan fingerprint density at radius 3 is 2.52 bits per heavy atom. The quantitative estimate of drug-likeness (QED) is 0.552. The van der Waals surface area contributed by atoms with Gasteiger partial charge in [0.05, 0.1) is 36.9 Å². The summed E-state index contributed by atoms with van der Waals surface area (Å²) in [4.78, 5) is 16.8. The van der Waals surface area contributed by atoms with E-state index in [0.717, 1.165) is 29.2 Å². The molecule has 0 saturated carbocycles. The lowest BCUT2D eigenvalue weighted by Gasteiger charge is -2.16. The van der Waals surface area contributed by atoms with E-state index in [4.69, 9.17) is 4.74 Å². The van der Waals surface area contributed by atoms with E-state index in [0.29, 0.717) is 28.5 Å². The molecule has 3 aromatic heterocycles. The summed E-state index contributed by atoms with van der Waals surface area (Å²) < 4.78 is 18.7. The predicted molar refractivity (Wildman–Crippen MR) is 106 cm³/mol. The lowest BCUT2D eigenvalue weighted by molar-refractivity contribution is 0.419. The molecule has 3 heterocycles. The van der Waals surface area contributed by atoms with E-state index in [-0.39, 0.29) is 6.04 Å². The number of nitrogens with one attached hydrogen (secondary N) is 1. The number of hydrogen-bond acceptors (Lipinski definition) is 8. The van der Waals surface area contributed by atoms with Crippen LogP contribution >= 0.6 is 0 Å². The van der Waals surface area contributed by atoms with Gasteiger partial charge in [-0.3, -0.25) is 0 Å². The molecule has 0 aliphatic rings. The molecule has 0 bridgehead atoms. The number of nitrogens with zero attached hydrogens (tertiary/aromatic N) is 6. The molecule has 1 atom stereocenters. The molecule has 29 heavy (non-hydrogen) atoms. The Morgan fingerprint density at radius 1 is 1.03 bits per heavy atom. The normalized spacial score (nSPS) is 12.0. The standard InChI is InChI=1S/C20H18FN7O/c1-11-4-5-16(28-27-11)12(2)26-20-15-6-13(19-22-8-14(21)9-23-19)7-17(29-3)18(15)24-10-25-20/h4-10,12H,1-3H3,(H,24,25,26)/t12-/m1/s1. The third-order valence-corrected chi connectivity index (χ3v) is 4.42. The first kappa shape index (κ1) is 18.6. The molecule has 146 valence electrons. The fourth-order valence-electron chi connectivity index (χ4n) is 2.92. The molecule has 1 aromatic carbocycles. The molecule has 0 aliphatic carbocycles. The van der Waals surface area contributed by atoms with Crippen molar-refractivity contribution in [2.75, 3.05) is 12.4 Å². The predicted octanol–water partition coefficient (Wildman–Crippen LogP) is 3.51. The van der Waals surface area contributed by atoms with Crippen molar-refractivity contribution >= 4 is 16.7 Å². The van der Waals surface area contributed by atoms with Crippen molar-refractivity contribution < 1.29 is 9.13 Å². The average molecular weight is 391 g/mol. The summed E-state index contributed by atoms with van der Waals surface area (Å²) in [5, 5.41) is 12.4. The summed E-state index contributed by atoms with van der Waals surface area (Å²) in [5.41, 5.74) is 2.93. The van der Waals surface area contributed by atoms with Crippen molar-refractivity contribution in [1.82, 2.24) is 30.1 Å². The summed E-state index contributed by atoms with van der Waals surface area (Å²) >= 11 is 0. The Labute approximate surface area is 166 Å². The molecular formula is C20H18FN7O. The molecule has 1 N–H and O–H groups in total. The summed E-state index contributed by atoms with van der Waals surface area (Å²) in [7, 11) is 1.56. The van der Waals surface area contributed by atoms with Gasteiger partial charge in [0, 0.05) is 10.9 Å². The highest BCUT2D eigenvalue weighted by molar-refractivity contribution is 5.96. The van der Waals surface area contributed by atoms with Crippen molar-refractivity contribution in [3.05, 3.63) is 60.2 Å². The Hall–Kier alpha value is -3.75. The van der Waals surface area contributed by atoms with E-state index in [2.05, 4.69) is 35.5 Å². The van der Waals surface area contributed by atoms with E-state index in [9.17, 15) is 4.39 Å². The van der Waals surface area contributed by atoms with Crippen LogP contribution < -0.4 is 10.1 Å². The zero-order valence-electron chi connectivity index (χ0n) is 16.1. The third kappa shape index (κ3) is 3.79. The Bertz CT molecular complexity index is 1150. The third-order valence-electron chi connectivity index (χ3n) is 4.42. The van der Waals surface area contributed by atoms with E-state index in [1.807, 2.05) is 32.0 Å². The molecule has 0 spiro atoms. The first-order valence-corrected chi connectivity index (χ1v) is 8.92. The highest BCUT2D eigenvalue weighted by Crippen LogP contribution is 2.33. The molecule has 8 nitrogen and oxygen atoms in total. The lowest BCUT2D eigenvalue weighted by Crippen LogP contribution is -2.11. The van der Waals surface area contributed by atoms with E-state index in [1.54, 1.807) is 13.2 Å². The summed E-state index contributed by atoms with van der Waals surface area (Å²) in [6, 6.07) is 7.30. The number of fused-ring (bicyclic) bond motifs is 1. The first-order valence-electron chi connectivity index (χ1n) is 8.92. The van der Waals surface area contributed by atoms with Gasteiger partial charge in [-0.15, -0.1) is 0 Å². The zero-order chi connectivity index (χ0) is 20.4. The monoisotopic (exact) mass is 391 g/mol. The van der Waals surface area contributed by atoms with Gasteiger partial charge < -0.3 is 10.1 Å². The molecule has 0 fully saturated rings. The number of aromatic nitrogens is 6. The summed E-state index contributed by atoms with van der Waals surface area (Å²) in [5.74, 6) is 1.02. The zero-order valence-corrected chi connectivity index (χ0v) is 16.1. The highest BCUT2D eigenvalue weighted by Gasteiger charge is 2.16. The molecule has 4 aromatic rings. The number of aryl methyl sites for hydroxylation is 1. The molecule has 0 saturated heterocycles. The average Bonchev–Trinajstić information content (AvgIpc) is 2.74. The van der Waals surface area contributed by atoms with Gasteiger partial charge in [-0.1, -0.05) is 0 Å². The van der Waals surface area contributed by atoms with E-state index < -0.39 is 5.82 Å². The maximum Gasteiger partial charge on any atom is 0.159 e. The minimum Gasteiger partial charge on any atom is -0.494 e. The largest absolute Gasteiger partial charge is 0.494 e. The second kappa shape index (κ2) is 7.70. The van der Waals surface area contributed by atoms with Crippen molar-refractivity contribution in [2.24, 2.45) is 0 Å². The molecule has 4 rings (SSSR count). The van der Waals surface area contributed by atoms with Crippen LogP contribution in [0.2, 0.25) is 0 Å². The van der Waals surface area contributed by atoms with Gasteiger partial charge in [0.25, 0.3) is 0 Å². The molecular weight excluding hydrogens is 373 g/mol. The van der Waals surface area contributed by atoms with Gasteiger partial charge in [0.1, 0.15) is 23.4 Å². The molecule has 0 amide bonds. The topological polar surface area (TPSA) is 98.6 Å². The number of methoxy groups -OCH3 is 1. The van der Waals surface area contributed by atoms with Gasteiger partial charge in [-0.25, -0.2) is 24.3 Å². The van der Waals surface area contributed by atoms with Gasteiger partial charge in [0.2, 0.25) is 0 Å². The number of anilines is 1. The second-order valence-electron chi connectivity index (χ2n) is 6.49. The van der Waals surface area contributed by atoms with Crippen molar-refractivity contribution in [3.8, 4) is 17.1 Å². The van der Waals surface area contributed by atoms with Gasteiger partial charge in [-0.2, -0.15) is 10.2 Å². The minimum atomic E-state index is -0.500. The van der Waals surface area contributed by atoms with Crippen LogP contribution in [0.15, 0.2) is 43.0 Å². The van der Waals surface area contributed by atoms with E-state index >= 15 is 0 Å². The molecule has 0 aliphatic heterocycles. The van der Waals surface area contributed by atoms with Crippen molar-refractivity contribution in [1.29, 1.82) is 0 Å². The highest BCUT2D eigenvalue weighted by atomic mass is 19.1. The molecule has 0 unspecified atom stereocenters. The minimum absolute atomic E-state index is 0.141. The van der Waals surface area contributed by atoms with Crippen LogP contribution in [-0.2, 0) is 0 Å². The Balaban J connectivity index is 1.78. The maximum atomic E-state index is 13.2. The van der Waals surface area contributed by atoms with Gasteiger partial charge >= 0.3 is 0 Å². The van der Waals surface area contributed by atoms with Gasteiger partial charge in [0.15, 0.2) is 11.6 Å². The fraction of sp³-hybridized carbons (Fsp3) is 0.200. The van der Waals surface area contributed by atoms with E-state index in [1.165, 1.54) is 6.33 Å². The van der Waals surface area contributed by atoms with Crippen LogP contribution in [0.5, 0.6) is 5.75 Å². The first-order chi connectivity index (χ1) is 14.0. The Kier molecular flexibility index (Phi) is 4.94. The number of ether oxygens (including phenoxy) is 1. The van der Waals surface area contributed by atoms with Crippen LogP contribution in [0.25, 0.3) is 22.3 Å². The number of benzene rings is 1. The van der Waals surface area contributed by atoms with Crippen LogP contribution in [-0.4, -0.2) is 37.2 Å². The van der Waals surface area contributed by atoms with Crippen LogP contribution in [0.4, 0.5) is 10.2 Å². The maximum absolute atomic E-state index is 13.2. The molecule has 0 radical (unpaired) electrons. The Morgan fingerprint density at radius 2 is 1.83 bits per heavy atom. The summed E-state index contributed by atoms with van der Waals surface area (Å²) in [6.07, 6.45) is 3.71. The van der Waals surface area contributed by atoms with Crippen molar-refractivity contribution in [3.63, 3.8) is 0 Å². The summed E-state index contributed by atoms with van der Waals surface area (Å²) in [6.45, 7) is 3.86. The SMILES string of the molecule is COc1cc(-c2ncc(F)cn2)cc2c(N[C@H](C)c3ccc(C)nn3)ncnc12. The number of hydrogen-bond donors (Lipinski definition) is 1. The lowest BCUT2D eigenvalue weighted by atomic mass is 10.1. The second-order valence-corrected chi connectivity index (χ2v) is 6.49. The fourth-order valence-corrected chi connectivity index (χ4v) is 2.92. The van der Waals surface area contributed by atoms with Crippen LogP contribution in [0, 0.1) is 12.7 Å². The smallest absolute Gasteiger partial charge is 0.159 e.